The molecular formula is C23H19ClFN3O2. The summed E-state index contributed by atoms with van der Waals surface area (Å²) in [5, 5.41) is 3.52. The molecule has 0 spiro atoms. The number of carbonyl (C=O) groups excluding carboxylic acids is 2. The summed E-state index contributed by atoms with van der Waals surface area (Å²) in [5.74, 6) is -0.710. The maximum atomic E-state index is 13.2. The van der Waals surface area contributed by atoms with Gasteiger partial charge in [-0.25, -0.2) is 4.39 Å². The van der Waals surface area contributed by atoms with Gasteiger partial charge in [0.1, 0.15) is 5.82 Å². The molecule has 0 aliphatic carbocycles. The van der Waals surface area contributed by atoms with Crippen LogP contribution >= 0.6 is 11.6 Å². The van der Waals surface area contributed by atoms with Crippen molar-refractivity contribution in [3.05, 3.63) is 100 Å². The van der Waals surface area contributed by atoms with E-state index in [2.05, 4.69) is 10.3 Å². The van der Waals surface area contributed by atoms with Gasteiger partial charge in [-0.05, 0) is 47.5 Å². The Hall–Kier alpha value is -3.25. The molecule has 2 aromatic carbocycles. The van der Waals surface area contributed by atoms with E-state index in [0.29, 0.717) is 22.8 Å². The summed E-state index contributed by atoms with van der Waals surface area (Å²) >= 11 is 5.89. The second kappa shape index (κ2) is 8.63. The number of benzene rings is 2. The highest BCUT2D eigenvalue weighted by atomic mass is 35.5. The van der Waals surface area contributed by atoms with Crippen LogP contribution < -0.4 is 5.32 Å². The van der Waals surface area contributed by atoms with Gasteiger partial charge in [0.2, 0.25) is 5.91 Å². The number of nitrogens with zero attached hydrogens (tertiary/aromatic N) is 2. The predicted octanol–water partition coefficient (Wildman–Crippen LogP) is 4.28. The second-order valence-corrected chi connectivity index (χ2v) is 7.56. The quantitative estimate of drug-likeness (QED) is 0.643. The highest BCUT2D eigenvalue weighted by molar-refractivity contribution is 6.30. The third-order valence-corrected chi connectivity index (χ3v) is 5.32. The molecule has 4 rings (SSSR count). The van der Waals surface area contributed by atoms with Crippen molar-refractivity contribution in [2.45, 2.75) is 25.6 Å². The van der Waals surface area contributed by atoms with Gasteiger partial charge in [-0.2, -0.15) is 0 Å². The van der Waals surface area contributed by atoms with E-state index in [1.54, 1.807) is 47.5 Å². The van der Waals surface area contributed by atoms with Crippen LogP contribution in [0.5, 0.6) is 0 Å². The summed E-state index contributed by atoms with van der Waals surface area (Å²) in [6, 6.07) is 16.1. The molecule has 0 fully saturated rings. The molecule has 7 heteroatoms. The van der Waals surface area contributed by atoms with E-state index < -0.39 is 6.04 Å². The van der Waals surface area contributed by atoms with Gasteiger partial charge in [0.05, 0.1) is 23.7 Å². The molecule has 5 nitrogen and oxygen atoms in total. The lowest BCUT2D eigenvalue weighted by Gasteiger charge is -2.24. The third kappa shape index (κ3) is 4.33. The number of hydrogen-bond donors (Lipinski definition) is 1. The summed E-state index contributed by atoms with van der Waals surface area (Å²) in [5.41, 5.74) is 2.79. The highest BCUT2D eigenvalue weighted by Crippen LogP contribution is 2.35. The van der Waals surface area contributed by atoms with Gasteiger partial charge in [0, 0.05) is 24.3 Å². The van der Waals surface area contributed by atoms with Crippen LogP contribution in [-0.2, 0) is 17.9 Å². The molecular weight excluding hydrogens is 405 g/mol. The SMILES string of the molecule is O=C(C[C@H]1c2ncccc2C(=O)N1Cc1ccc(F)cc1)NCc1ccc(Cl)cc1. The molecule has 0 saturated heterocycles. The molecule has 1 atom stereocenters. The number of rotatable bonds is 6. The van der Waals surface area contributed by atoms with Crippen LogP contribution in [-0.4, -0.2) is 21.7 Å². The molecule has 2 heterocycles. The minimum Gasteiger partial charge on any atom is -0.352 e. The van der Waals surface area contributed by atoms with Gasteiger partial charge in [-0.1, -0.05) is 35.9 Å². The topological polar surface area (TPSA) is 62.3 Å². The van der Waals surface area contributed by atoms with Crippen LogP contribution in [0.2, 0.25) is 5.02 Å². The van der Waals surface area contributed by atoms with Gasteiger partial charge in [-0.3, -0.25) is 14.6 Å². The van der Waals surface area contributed by atoms with Gasteiger partial charge in [0.15, 0.2) is 0 Å². The van der Waals surface area contributed by atoms with E-state index in [9.17, 15) is 14.0 Å². The van der Waals surface area contributed by atoms with Crippen molar-refractivity contribution in [2.75, 3.05) is 0 Å². The maximum absolute atomic E-state index is 13.2. The van der Waals surface area contributed by atoms with E-state index in [-0.39, 0.29) is 30.6 Å². The lowest BCUT2D eigenvalue weighted by molar-refractivity contribution is -0.122. The van der Waals surface area contributed by atoms with Crippen LogP contribution in [0.25, 0.3) is 0 Å². The molecule has 30 heavy (non-hydrogen) atoms. The minimum absolute atomic E-state index is 0.0878. The lowest BCUT2D eigenvalue weighted by atomic mass is 10.1. The van der Waals surface area contributed by atoms with Crippen molar-refractivity contribution in [3.63, 3.8) is 0 Å². The minimum atomic E-state index is -0.482. The first kappa shape index (κ1) is 20.0. The Morgan fingerprint density at radius 3 is 2.50 bits per heavy atom. The summed E-state index contributed by atoms with van der Waals surface area (Å²) < 4.78 is 13.2. The Morgan fingerprint density at radius 2 is 1.77 bits per heavy atom. The first-order valence-electron chi connectivity index (χ1n) is 9.53. The van der Waals surface area contributed by atoms with Crippen molar-refractivity contribution in [2.24, 2.45) is 0 Å². The Bertz CT molecular complexity index is 1070. The number of hydrogen-bond acceptors (Lipinski definition) is 3. The summed E-state index contributed by atoms with van der Waals surface area (Å²) in [6.07, 6.45) is 1.71. The predicted molar refractivity (Wildman–Crippen MR) is 111 cm³/mol. The Balaban J connectivity index is 1.50. The molecule has 0 unspecified atom stereocenters. The zero-order valence-electron chi connectivity index (χ0n) is 16.0. The van der Waals surface area contributed by atoms with Crippen molar-refractivity contribution < 1.29 is 14.0 Å². The van der Waals surface area contributed by atoms with Crippen LogP contribution in [0, 0.1) is 5.82 Å². The normalized spacial score (nSPS) is 15.2. The average molecular weight is 424 g/mol. The Morgan fingerprint density at radius 1 is 1.07 bits per heavy atom. The molecule has 1 N–H and O–H groups in total. The van der Waals surface area contributed by atoms with Gasteiger partial charge in [-0.15, -0.1) is 0 Å². The lowest BCUT2D eigenvalue weighted by Crippen LogP contribution is -2.32. The van der Waals surface area contributed by atoms with Crippen LogP contribution in [0.15, 0.2) is 66.9 Å². The first-order valence-corrected chi connectivity index (χ1v) is 9.90. The largest absolute Gasteiger partial charge is 0.352 e. The van der Waals surface area contributed by atoms with Crippen molar-refractivity contribution in [3.8, 4) is 0 Å². The average Bonchev–Trinajstić information content (AvgIpc) is 3.01. The van der Waals surface area contributed by atoms with Crippen molar-refractivity contribution in [1.82, 2.24) is 15.2 Å². The molecule has 152 valence electrons. The fourth-order valence-electron chi connectivity index (χ4n) is 3.53. The summed E-state index contributed by atoms with van der Waals surface area (Å²) in [6.45, 7) is 0.633. The maximum Gasteiger partial charge on any atom is 0.256 e. The van der Waals surface area contributed by atoms with E-state index in [1.165, 1.54) is 12.1 Å². The fourth-order valence-corrected chi connectivity index (χ4v) is 3.66. The van der Waals surface area contributed by atoms with Crippen LogP contribution in [0.1, 0.15) is 39.6 Å². The van der Waals surface area contributed by atoms with E-state index in [4.69, 9.17) is 11.6 Å². The number of aromatic nitrogens is 1. The van der Waals surface area contributed by atoms with Crippen molar-refractivity contribution >= 4 is 23.4 Å². The van der Waals surface area contributed by atoms with E-state index >= 15 is 0 Å². The van der Waals surface area contributed by atoms with E-state index in [1.807, 2.05) is 12.1 Å². The van der Waals surface area contributed by atoms with Crippen LogP contribution in [0.3, 0.4) is 0 Å². The molecule has 0 saturated carbocycles. The van der Waals surface area contributed by atoms with E-state index in [0.717, 1.165) is 11.1 Å². The second-order valence-electron chi connectivity index (χ2n) is 7.12. The van der Waals surface area contributed by atoms with Crippen molar-refractivity contribution in [1.29, 1.82) is 0 Å². The number of fused-ring (bicyclic) bond motifs is 1. The number of amides is 2. The molecule has 0 radical (unpaired) electrons. The van der Waals surface area contributed by atoms with Gasteiger partial charge < -0.3 is 10.2 Å². The zero-order chi connectivity index (χ0) is 21.1. The highest BCUT2D eigenvalue weighted by Gasteiger charge is 2.38. The van der Waals surface area contributed by atoms with Gasteiger partial charge in [0.25, 0.3) is 5.91 Å². The summed E-state index contributed by atoms with van der Waals surface area (Å²) in [7, 11) is 0. The monoisotopic (exact) mass is 423 g/mol. The molecule has 0 bridgehead atoms. The smallest absolute Gasteiger partial charge is 0.256 e. The number of nitrogens with one attached hydrogen (secondary N) is 1. The Labute approximate surface area is 178 Å². The molecule has 3 aromatic rings. The number of pyridine rings is 1. The van der Waals surface area contributed by atoms with Crippen LogP contribution in [0.4, 0.5) is 4.39 Å². The third-order valence-electron chi connectivity index (χ3n) is 5.07. The molecule has 1 aliphatic rings. The zero-order valence-corrected chi connectivity index (χ0v) is 16.8. The Kier molecular flexibility index (Phi) is 5.77. The first-order chi connectivity index (χ1) is 14.5. The summed E-state index contributed by atoms with van der Waals surface area (Å²) in [4.78, 5) is 31.6. The fraction of sp³-hybridized carbons (Fsp3) is 0.174. The van der Waals surface area contributed by atoms with Gasteiger partial charge >= 0.3 is 0 Å². The molecule has 1 aromatic heterocycles. The number of halogens is 2. The number of carbonyl (C=O) groups is 2. The standard InChI is InChI=1S/C23H19ClFN3O2/c24-17-7-3-15(4-8-17)13-27-21(29)12-20-22-19(2-1-11-26-22)23(30)28(20)14-16-5-9-18(25)10-6-16/h1-11,20H,12-14H2,(H,27,29)/t20-/m0/s1. The molecule has 2 amide bonds. The molecule has 1 aliphatic heterocycles.